The van der Waals surface area contributed by atoms with Gasteiger partial charge in [-0.2, -0.15) is 0 Å². The average Bonchev–Trinajstić information content (AvgIpc) is 3.33. The Morgan fingerprint density at radius 2 is 1.92 bits per heavy atom. The molecule has 1 fully saturated rings. The van der Waals surface area contributed by atoms with Gasteiger partial charge in [0.25, 0.3) is 5.91 Å². The molecule has 3 rings (SSSR count). The molecule has 0 heterocycles. The first-order valence-electron chi connectivity index (χ1n) is 7.24. The number of sulfonamides is 1. The molecule has 126 valence electrons. The van der Waals surface area contributed by atoms with Crippen molar-refractivity contribution in [2.75, 3.05) is 5.32 Å². The van der Waals surface area contributed by atoms with Crippen LogP contribution in [0.4, 0.5) is 10.1 Å². The SMILES string of the molecule is O=C(Nc1cccc(S(=O)(=O)NC2CC2)c1)c1cc(Cl)ccc1F. The molecule has 1 saturated carbocycles. The van der Waals surface area contributed by atoms with E-state index in [0.29, 0.717) is 0 Å². The van der Waals surface area contributed by atoms with E-state index in [-0.39, 0.29) is 27.2 Å². The summed E-state index contributed by atoms with van der Waals surface area (Å²) in [5.41, 5.74) is 0.0323. The number of carbonyl (C=O) groups is 1. The number of hydrogen-bond donors (Lipinski definition) is 2. The minimum absolute atomic E-state index is 0.0196. The molecule has 1 amide bonds. The molecule has 0 atom stereocenters. The molecular formula is C16H14ClFN2O3S. The Balaban J connectivity index is 1.81. The number of benzene rings is 2. The lowest BCUT2D eigenvalue weighted by atomic mass is 10.2. The molecule has 0 radical (unpaired) electrons. The molecule has 5 nitrogen and oxygen atoms in total. The van der Waals surface area contributed by atoms with Crippen LogP contribution in [0.1, 0.15) is 23.2 Å². The maximum Gasteiger partial charge on any atom is 0.258 e. The average molecular weight is 369 g/mol. The molecule has 0 saturated heterocycles. The fourth-order valence-corrected chi connectivity index (χ4v) is 3.62. The van der Waals surface area contributed by atoms with Crippen LogP contribution in [-0.2, 0) is 10.0 Å². The molecular weight excluding hydrogens is 355 g/mol. The molecule has 2 aromatic carbocycles. The van der Waals surface area contributed by atoms with Crippen molar-refractivity contribution in [2.45, 2.75) is 23.8 Å². The van der Waals surface area contributed by atoms with E-state index in [1.54, 1.807) is 0 Å². The first kappa shape index (κ1) is 16.9. The van der Waals surface area contributed by atoms with Crippen molar-refractivity contribution in [1.29, 1.82) is 0 Å². The summed E-state index contributed by atoms with van der Waals surface area (Å²) in [6, 6.07) is 9.41. The van der Waals surface area contributed by atoms with Crippen LogP contribution in [0, 0.1) is 5.82 Å². The van der Waals surface area contributed by atoms with E-state index in [0.717, 1.165) is 18.9 Å². The summed E-state index contributed by atoms with van der Waals surface area (Å²) in [6.45, 7) is 0. The maximum atomic E-state index is 13.7. The third-order valence-electron chi connectivity index (χ3n) is 3.47. The minimum atomic E-state index is -3.63. The van der Waals surface area contributed by atoms with Crippen LogP contribution in [0.25, 0.3) is 0 Å². The number of nitrogens with one attached hydrogen (secondary N) is 2. The van der Waals surface area contributed by atoms with Gasteiger partial charge in [-0.3, -0.25) is 4.79 Å². The highest BCUT2D eigenvalue weighted by Gasteiger charge is 2.28. The van der Waals surface area contributed by atoms with Gasteiger partial charge in [-0.1, -0.05) is 17.7 Å². The van der Waals surface area contributed by atoms with Crippen LogP contribution in [0.15, 0.2) is 47.4 Å². The Morgan fingerprint density at radius 3 is 2.62 bits per heavy atom. The van der Waals surface area contributed by atoms with Crippen LogP contribution in [0.2, 0.25) is 5.02 Å². The lowest BCUT2D eigenvalue weighted by Gasteiger charge is -2.09. The van der Waals surface area contributed by atoms with Crippen molar-refractivity contribution in [3.63, 3.8) is 0 Å². The van der Waals surface area contributed by atoms with Crippen LogP contribution >= 0.6 is 11.6 Å². The molecule has 1 aliphatic rings. The summed E-state index contributed by atoms with van der Waals surface area (Å²) in [5, 5.41) is 2.71. The van der Waals surface area contributed by atoms with Crippen LogP contribution in [0.3, 0.4) is 0 Å². The molecule has 0 spiro atoms. The van der Waals surface area contributed by atoms with Crippen molar-refractivity contribution in [3.8, 4) is 0 Å². The van der Waals surface area contributed by atoms with Crippen molar-refractivity contribution in [2.24, 2.45) is 0 Å². The van der Waals surface area contributed by atoms with E-state index < -0.39 is 21.7 Å². The Morgan fingerprint density at radius 1 is 1.17 bits per heavy atom. The predicted molar refractivity (Wildman–Crippen MR) is 89.1 cm³/mol. The minimum Gasteiger partial charge on any atom is -0.322 e. The largest absolute Gasteiger partial charge is 0.322 e. The third-order valence-corrected chi connectivity index (χ3v) is 5.23. The van der Waals surface area contributed by atoms with Crippen molar-refractivity contribution < 1.29 is 17.6 Å². The van der Waals surface area contributed by atoms with Gasteiger partial charge in [0.15, 0.2) is 0 Å². The van der Waals surface area contributed by atoms with Crippen LogP contribution < -0.4 is 10.0 Å². The lowest BCUT2D eigenvalue weighted by Crippen LogP contribution is -2.25. The summed E-state index contributed by atoms with van der Waals surface area (Å²) >= 11 is 5.77. The van der Waals surface area contributed by atoms with Gasteiger partial charge >= 0.3 is 0 Å². The summed E-state index contributed by atoms with van der Waals surface area (Å²) in [5.74, 6) is -1.42. The van der Waals surface area contributed by atoms with E-state index in [4.69, 9.17) is 11.6 Å². The number of halogens is 2. The molecule has 24 heavy (non-hydrogen) atoms. The molecule has 2 N–H and O–H groups in total. The molecule has 1 aliphatic carbocycles. The lowest BCUT2D eigenvalue weighted by molar-refractivity contribution is 0.102. The summed E-state index contributed by atoms with van der Waals surface area (Å²) in [7, 11) is -3.63. The first-order valence-corrected chi connectivity index (χ1v) is 9.10. The smallest absolute Gasteiger partial charge is 0.258 e. The van der Waals surface area contributed by atoms with Gasteiger partial charge in [0.1, 0.15) is 5.82 Å². The predicted octanol–water partition coefficient (Wildman–Crippen LogP) is 3.17. The highest BCUT2D eigenvalue weighted by Crippen LogP contribution is 2.24. The first-order chi connectivity index (χ1) is 11.3. The van der Waals surface area contributed by atoms with Crippen molar-refractivity contribution >= 4 is 33.2 Å². The second-order valence-corrected chi connectivity index (χ2v) is 7.65. The number of anilines is 1. The molecule has 0 unspecified atom stereocenters. The van der Waals surface area contributed by atoms with Crippen molar-refractivity contribution in [3.05, 3.63) is 58.9 Å². The number of rotatable bonds is 5. The maximum absolute atomic E-state index is 13.7. The highest BCUT2D eigenvalue weighted by molar-refractivity contribution is 7.89. The van der Waals surface area contributed by atoms with E-state index >= 15 is 0 Å². The van der Waals surface area contributed by atoms with Gasteiger partial charge in [0, 0.05) is 16.8 Å². The van der Waals surface area contributed by atoms with Gasteiger partial charge < -0.3 is 5.32 Å². The summed E-state index contributed by atoms with van der Waals surface area (Å²) < 4.78 is 40.6. The molecule has 0 bridgehead atoms. The number of hydrogen-bond acceptors (Lipinski definition) is 3. The van der Waals surface area contributed by atoms with Gasteiger partial charge in [0.05, 0.1) is 10.5 Å². The zero-order chi connectivity index (χ0) is 17.3. The Kier molecular flexibility index (Phi) is 4.58. The Hall–Kier alpha value is -1.96. The molecule has 8 heteroatoms. The summed E-state index contributed by atoms with van der Waals surface area (Å²) in [6.07, 6.45) is 1.65. The van der Waals surface area contributed by atoms with Crippen LogP contribution in [-0.4, -0.2) is 20.4 Å². The molecule has 0 aromatic heterocycles. The molecule has 2 aromatic rings. The summed E-state index contributed by atoms with van der Waals surface area (Å²) in [4.78, 5) is 12.2. The third kappa shape index (κ3) is 3.92. The Labute approximate surface area is 143 Å². The number of amides is 1. The fourth-order valence-electron chi connectivity index (χ4n) is 2.10. The van der Waals surface area contributed by atoms with E-state index in [9.17, 15) is 17.6 Å². The topological polar surface area (TPSA) is 75.3 Å². The van der Waals surface area contributed by atoms with Gasteiger partial charge in [-0.25, -0.2) is 17.5 Å². The zero-order valence-electron chi connectivity index (χ0n) is 12.4. The number of carbonyl (C=O) groups excluding carboxylic acids is 1. The van der Waals surface area contributed by atoms with E-state index in [1.165, 1.54) is 36.4 Å². The standard InChI is InChI=1S/C16H14ClFN2O3S/c17-10-4-7-15(18)14(8-10)16(21)19-12-2-1-3-13(9-12)24(22,23)20-11-5-6-11/h1-4,7-9,11,20H,5-6H2,(H,19,21). The second-order valence-electron chi connectivity index (χ2n) is 5.50. The van der Waals surface area contributed by atoms with Gasteiger partial charge in [-0.15, -0.1) is 0 Å². The highest BCUT2D eigenvalue weighted by atomic mass is 35.5. The van der Waals surface area contributed by atoms with Crippen LogP contribution in [0.5, 0.6) is 0 Å². The van der Waals surface area contributed by atoms with Gasteiger partial charge in [0.2, 0.25) is 10.0 Å². The van der Waals surface area contributed by atoms with E-state index in [2.05, 4.69) is 10.0 Å². The van der Waals surface area contributed by atoms with Gasteiger partial charge in [-0.05, 0) is 49.2 Å². The normalized spacial score (nSPS) is 14.4. The monoisotopic (exact) mass is 368 g/mol. The quantitative estimate of drug-likeness (QED) is 0.851. The molecule has 0 aliphatic heterocycles. The fraction of sp³-hybridized carbons (Fsp3) is 0.188. The second kappa shape index (κ2) is 6.51. The van der Waals surface area contributed by atoms with Crippen molar-refractivity contribution in [1.82, 2.24) is 4.72 Å². The Bertz CT molecular complexity index is 898. The van der Waals surface area contributed by atoms with E-state index in [1.807, 2.05) is 0 Å². The zero-order valence-corrected chi connectivity index (χ0v) is 14.0.